The number of ether oxygens (including phenoxy) is 1. The molecule has 0 radical (unpaired) electrons. The second kappa shape index (κ2) is 4.92. The molecule has 0 amide bonds. The Morgan fingerprint density at radius 1 is 1.00 bits per heavy atom. The zero-order chi connectivity index (χ0) is 14.9. The van der Waals surface area contributed by atoms with E-state index >= 15 is 0 Å². The van der Waals surface area contributed by atoms with Gasteiger partial charge in [-0.3, -0.25) is 4.68 Å². The summed E-state index contributed by atoms with van der Waals surface area (Å²) in [7, 11) is 1.83. The first-order chi connectivity index (χ1) is 10.8. The van der Waals surface area contributed by atoms with Crippen molar-refractivity contribution in [3.63, 3.8) is 0 Å². The van der Waals surface area contributed by atoms with Crippen molar-refractivity contribution in [1.82, 2.24) is 34.5 Å². The third-order valence-corrected chi connectivity index (χ3v) is 3.23. The van der Waals surface area contributed by atoms with E-state index in [1.807, 2.05) is 31.3 Å². The topological polar surface area (TPSA) is 83.5 Å². The van der Waals surface area contributed by atoms with Crippen LogP contribution in [0.25, 0.3) is 16.7 Å². The Labute approximate surface area is 125 Å². The fourth-order valence-electron chi connectivity index (χ4n) is 2.14. The van der Waals surface area contributed by atoms with Gasteiger partial charge in [-0.2, -0.15) is 10.2 Å². The molecule has 4 aromatic rings. The largest absolute Gasteiger partial charge is 0.438 e. The number of fused-ring (bicyclic) bond motifs is 1. The van der Waals surface area contributed by atoms with Gasteiger partial charge in [0.05, 0.1) is 11.9 Å². The average Bonchev–Trinajstić information content (AvgIpc) is 3.19. The summed E-state index contributed by atoms with van der Waals surface area (Å²) in [4.78, 5) is 12.3. The first-order valence-corrected chi connectivity index (χ1v) is 6.57. The Kier molecular flexibility index (Phi) is 2.78. The highest BCUT2D eigenvalue weighted by Crippen LogP contribution is 2.26. The summed E-state index contributed by atoms with van der Waals surface area (Å²) < 4.78 is 9.18. The smallest absolute Gasteiger partial charge is 0.233 e. The predicted molar refractivity (Wildman–Crippen MR) is 77.7 cm³/mol. The van der Waals surface area contributed by atoms with E-state index in [1.54, 1.807) is 21.9 Å². The Balaban J connectivity index is 1.65. The van der Waals surface area contributed by atoms with Crippen molar-refractivity contribution >= 4 is 11.0 Å². The molecule has 0 N–H and O–H groups in total. The maximum atomic E-state index is 5.83. The summed E-state index contributed by atoms with van der Waals surface area (Å²) in [6.45, 7) is 0. The number of benzene rings is 1. The zero-order valence-electron chi connectivity index (χ0n) is 11.7. The lowest BCUT2D eigenvalue weighted by molar-refractivity contribution is 0.468. The van der Waals surface area contributed by atoms with Crippen LogP contribution in [-0.4, -0.2) is 34.5 Å². The van der Waals surface area contributed by atoms with Crippen molar-refractivity contribution in [2.24, 2.45) is 7.05 Å². The van der Waals surface area contributed by atoms with E-state index in [0.717, 1.165) is 16.7 Å². The summed E-state index contributed by atoms with van der Waals surface area (Å²) in [6.07, 6.45) is 6.28. The highest BCUT2D eigenvalue weighted by molar-refractivity contribution is 5.79. The summed E-state index contributed by atoms with van der Waals surface area (Å²) in [6, 6.07) is 7.49. The lowest BCUT2D eigenvalue weighted by Crippen LogP contribution is -1.95. The Bertz CT molecular complexity index is 912. The number of aryl methyl sites for hydroxylation is 1. The van der Waals surface area contributed by atoms with Gasteiger partial charge in [-0.05, 0) is 24.3 Å². The van der Waals surface area contributed by atoms with Gasteiger partial charge in [0, 0.05) is 7.05 Å². The Morgan fingerprint density at radius 2 is 1.86 bits per heavy atom. The molecule has 0 atom stereocenters. The molecule has 0 aliphatic rings. The van der Waals surface area contributed by atoms with E-state index in [2.05, 4.69) is 25.1 Å². The highest BCUT2D eigenvalue weighted by Gasteiger charge is 2.09. The van der Waals surface area contributed by atoms with Crippen LogP contribution in [0.2, 0.25) is 0 Å². The molecule has 4 rings (SSSR count). The summed E-state index contributed by atoms with van der Waals surface area (Å²) in [5.74, 6) is 1.15. The standard InChI is InChI=1S/C14H11N7O/c1-20-13-12(6-18-20)14(17-8-16-13)22-11-4-2-10(3-5-11)21-9-15-7-19-21/h2-9H,1H3. The molecule has 0 unspecified atom stereocenters. The van der Waals surface area contributed by atoms with E-state index in [1.165, 1.54) is 12.7 Å². The van der Waals surface area contributed by atoms with E-state index in [0.29, 0.717) is 11.6 Å². The molecule has 8 nitrogen and oxygen atoms in total. The Hall–Kier alpha value is -3.29. The van der Waals surface area contributed by atoms with Crippen LogP contribution in [0.15, 0.2) is 49.4 Å². The summed E-state index contributed by atoms with van der Waals surface area (Å²) >= 11 is 0. The molecule has 22 heavy (non-hydrogen) atoms. The Morgan fingerprint density at radius 3 is 2.64 bits per heavy atom. The van der Waals surface area contributed by atoms with Crippen molar-refractivity contribution < 1.29 is 4.74 Å². The van der Waals surface area contributed by atoms with Crippen LogP contribution in [0.1, 0.15) is 0 Å². The van der Waals surface area contributed by atoms with Crippen LogP contribution in [0.3, 0.4) is 0 Å². The van der Waals surface area contributed by atoms with Gasteiger partial charge in [0.2, 0.25) is 5.88 Å². The molecule has 0 bridgehead atoms. The first kappa shape index (κ1) is 12.5. The number of rotatable bonds is 3. The van der Waals surface area contributed by atoms with Crippen molar-refractivity contribution in [3.8, 4) is 17.3 Å². The number of aromatic nitrogens is 7. The molecule has 0 fully saturated rings. The van der Waals surface area contributed by atoms with E-state index < -0.39 is 0 Å². The molecule has 108 valence electrons. The van der Waals surface area contributed by atoms with Gasteiger partial charge in [0.25, 0.3) is 0 Å². The molecule has 3 aromatic heterocycles. The highest BCUT2D eigenvalue weighted by atomic mass is 16.5. The maximum absolute atomic E-state index is 5.83. The number of hydrogen-bond donors (Lipinski definition) is 0. The van der Waals surface area contributed by atoms with Crippen LogP contribution in [0.4, 0.5) is 0 Å². The summed E-state index contributed by atoms with van der Waals surface area (Å²) in [5.41, 5.74) is 1.63. The van der Waals surface area contributed by atoms with E-state index in [9.17, 15) is 0 Å². The molecule has 3 heterocycles. The minimum atomic E-state index is 0.478. The van der Waals surface area contributed by atoms with E-state index in [4.69, 9.17) is 4.74 Å². The fraction of sp³-hybridized carbons (Fsp3) is 0.0714. The SMILES string of the molecule is Cn1ncc2c(Oc3ccc(-n4cncn4)cc3)ncnc21. The van der Waals surface area contributed by atoms with Gasteiger partial charge < -0.3 is 4.74 Å². The molecule has 0 spiro atoms. The van der Waals surface area contributed by atoms with Gasteiger partial charge >= 0.3 is 0 Å². The van der Waals surface area contributed by atoms with Crippen molar-refractivity contribution in [2.75, 3.05) is 0 Å². The fourth-order valence-corrected chi connectivity index (χ4v) is 2.14. The maximum Gasteiger partial charge on any atom is 0.233 e. The molecule has 0 saturated heterocycles. The molecule has 1 aromatic carbocycles. The predicted octanol–water partition coefficient (Wildman–Crippen LogP) is 1.74. The third kappa shape index (κ3) is 2.06. The lowest BCUT2D eigenvalue weighted by Gasteiger charge is -2.06. The molecule has 0 saturated carbocycles. The summed E-state index contributed by atoms with van der Waals surface area (Å²) in [5, 5.41) is 9.01. The van der Waals surface area contributed by atoms with Crippen molar-refractivity contribution in [2.45, 2.75) is 0 Å². The van der Waals surface area contributed by atoms with Crippen LogP contribution in [0, 0.1) is 0 Å². The first-order valence-electron chi connectivity index (χ1n) is 6.57. The van der Waals surface area contributed by atoms with Gasteiger partial charge in [-0.1, -0.05) is 0 Å². The lowest BCUT2D eigenvalue weighted by atomic mass is 10.3. The van der Waals surface area contributed by atoms with Gasteiger partial charge in [-0.25, -0.2) is 19.6 Å². The quantitative estimate of drug-likeness (QED) is 0.572. The minimum Gasteiger partial charge on any atom is -0.438 e. The molecule has 8 heteroatoms. The second-order valence-electron chi connectivity index (χ2n) is 4.62. The average molecular weight is 293 g/mol. The van der Waals surface area contributed by atoms with Gasteiger partial charge in [0.15, 0.2) is 5.65 Å². The van der Waals surface area contributed by atoms with Crippen LogP contribution >= 0.6 is 0 Å². The number of nitrogens with zero attached hydrogens (tertiary/aromatic N) is 7. The van der Waals surface area contributed by atoms with Crippen LogP contribution in [0.5, 0.6) is 11.6 Å². The molecular weight excluding hydrogens is 282 g/mol. The van der Waals surface area contributed by atoms with E-state index in [-0.39, 0.29) is 0 Å². The minimum absolute atomic E-state index is 0.478. The van der Waals surface area contributed by atoms with Gasteiger partial charge in [-0.15, -0.1) is 0 Å². The zero-order valence-corrected chi connectivity index (χ0v) is 11.7. The van der Waals surface area contributed by atoms with Crippen molar-refractivity contribution in [1.29, 1.82) is 0 Å². The third-order valence-electron chi connectivity index (χ3n) is 3.23. The number of hydrogen-bond acceptors (Lipinski definition) is 6. The van der Waals surface area contributed by atoms with Crippen LogP contribution in [-0.2, 0) is 7.05 Å². The molecule has 0 aliphatic carbocycles. The molecular formula is C14H11N7O. The molecule has 0 aliphatic heterocycles. The second-order valence-corrected chi connectivity index (χ2v) is 4.62. The van der Waals surface area contributed by atoms with Crippen LogP contribution < -0.4 is 4.74 Å². The van der Waals surface area contributed by atoms with Crippen molar-refractivity contribution in [3.05, 3.63) is 49.4 Å². The monoisotopic (exact) mass is 293 g/mol. The normalized spacial score (nSPS) is 11.0. The van der Waals surface area contributed by atoms with Gasteiger partial charge in [0.1, 0.15) is 30.1 Å².